The van der Waals surface area contributed by atoms with Crippen molar-refractivity contribution in [3.63, 3.8) is 0 Å². The van der Waals surface area contributed by atoms with Gasteiger partial charge in [-0.3, -0.25) is 0 Å². The molecule has 3 heteroatoms. The Morgan fingerprint density at radius 2 is 0.849 bits per heavy atom. The maximum Gasteiger partial charge on any atom is 0.0641 e. The van der Waals surface area contributed by atoms with Crippen molar-refractivity contribution >= 4 is 82.2 Å². The van der Waals surface area contributed by atoms with Gasteiger partial charge < -0.3 is 14.0 Å². The van der Waals surface area contributed by atoms with Gasteiger partial charge in [-0.05, 0) is 100 Å². The Labute approximate surface area is 306 Å². The second-order valence-corrected chi connectivity index (χ2v) is 13.8. The Morgan fingerprint density at radius 3 is 1.58 bits per heavy atom. The number of hydrogen-bond acceptors (Lipinski definition) is 1. The van der Waals surface area contributed by atoms with Gasteiger partial charge in [0.1, 0.15) is 0 Å². The largest absolute Gasteiger partial charge is 0.310 e. The number of para-hydroxylation sites is 4. The van der Waals surface area contributed by atoms with E-state index in [1.54, 1.807) is 0 Å². The summed E-state index contributed by atoms with van der Waals surface area (Å²) >= 11 is 0. The van der Waals surface area contributed by atoms with Crippen LogP contribution in [0.15, 0.2) is 200 Å². The Hall–Kier alpha value is -7.10. The van der Waals surface area contributed by atoms with E-state index < -0.39 is 0 Å². The van der Waals surface area contributed by atoms with Gasteiger partial charge in [0.25, 0.3) is 0 Å². The van der Waals surface area contributed by atoms with Crippen LogP contribution in [0.5, 0.6) is 0 Å². The molecule has 248 valence electrons. The SMILES string of the molecule is c1ccc(N(c2ccccc2)c2ccc3ccc(-n4c5ccccc5c5ccc6c(c7ccccc7n6-c6ccc7ccccc7c6)c54)cc3c2)cc1. The number of nitrogens with zero attached hydrogens (tertiary/aromatic N) is 3. The van der Waals surface area contributed by atoms with Crippen LogP contribution in [0.4, 0.5) is 17.1 Å². The van der Waals surface area contributed by atoms with Crippen LogP contribution in [0.3, 0.4) is 0 Å². The zero-order valence-corrected chi connectivity index (χ0v) is 28.9. The van der Waals surface area contributed by atoms with Crippen molar-refractivity contribution in [2.75, 3.05) is 4.90 Å². The third kappa shape index (κ3) is 4.61. The monoisotopic (exact) mass is 675 g/mol. The van der Waals surface area contributed by atoms with Crippen molar-refractivity contribution in [3.05, 3.63) is 200 Å². The number of fused-ring (bicyclic) bond motifs is 9. The fourth-order valence-electron chi connectivity index (χ4n) is 8.47. The average Bonchev–Trinajstić information content (AvgIpc) is 3.74. The molecule has 0 aliphatic rings. The van der Waals surface area contributed by atoms with E-state index in [1.165, 1.54) is 65.2 Å². The summed E-state index contributed by atoms with van der Waals surface area (Å²) in [6, 6.07) is 72.7. The standard InChI is InChI=1S/C50H33N3/c1-3-15-38(16-4-1)51(39-17-5-2-6-18-39)40-26-24-35-25-28-42(33-37(35)32-40)53-46-21-11-9-19-43(46)44-29-30-48-49(50(44)53)45-20-10-12-22-47(45)52(48)41-27-23-34-13-7-8-14-36(34)31-41/h1-33H. The third-order valence-corrected chi connectivity index (χ3v) is 10.8. The van der Waals surface area contributed by atoms with Crippen molar-refractivity contribution in [2.24, 2.45) is 0 Å². The zero-order valence-electron chi connectivity index (χ0n) is 28.9. The quantitative estimate of drug-likeness (QED) is 0.177. The van der Waals surface area contributed by atoms with Crippen LogP contribution in [0.2, 0.25) is 0 Å². The predicted molar refractivity (Wildman–Crippen MR) is 225 cm³/mol. The van der Waals surface area contributed by atoms with Crippen molar-refractivity contribution in [1.29, 1.82) is 0 Å². The minimum absolute atomic E-state index is 1.12. The zero-order chi connectivity index (χ0) is 34.9. The van der Waals surface area contributed by atoms with Gasteiger partial charge in [-0.1, -0.05) is 121 Å². The average molecular weight is 676 g/mol. The van der Waals surface area contributed by atoms with Gasteiger partial charge in [0.15, 0.2) is 0 Å². The molecule has 0 radical (unpaired) electrons. The smallest absolute Gasteiger partial charge is 0.0641 e. The van der Waals surface area contributed by atoms with E-state index in [2.05, 4.69) is 214 Å². The third-order valence-electron chi connectivity index (χ3n) is 10.8. The molecule has 9 aromatic carbocycles. The molecule has 11 rings (SSSR count). The molecule has 2 heterocycles. The molecule has 0 N–H and O–H groups in total. The van der Waals surface area contributed by atoms with E-state index in [4.69, 9.17) is 0 Å². The van der Waals surface area contributed by atoms with Crippen LogP contribution in [-0.2, 0) is 0 Å². The van der Waals surface area contributed by atoms with E-state index in [1.807, 2.05) is 0 Å². The van der Waals surface area contributed by atoms with Crippen LogP contribution < -0.4 is 4.90 Å². The summed E-state index contributed by atoms with van der Waals surface area (Å²) in [4.78, 5) is 2.33. The maximum atomic E-state index is 2.49. The first-order chi connectivity index (χ1) is 26.3. The van der Waals surface area contributed by atoms with Crippen LogP contribution in [0.1, 0.15) is 0 Å². The molecule has 0 fully saturated rings. The lowest BCUT2D eigenvalue weighted by molar-refractivity contribution is 1.18. The molecule has 0 saturated carbocycles. The van der Waals surface area contributed by atoms with E-state index >= 15 is 0 Å². The van der Waals surface area contributed by atoms with Crippen LogP contribution in [0, 0.1) is 0 Å². The number of aromatic nitrogens is 2. The molecule has 3 nitrogen and oxygen atoms in total. The van der Waals surface area contributed by atoms with Gasteiger partial charge in [-0.15, -0.1) is 0 Å². The highest BCUT2D eigenvalue weighted by atomic mass is 15.1. The number of anilines is 3. The summed E-state index contributed by atoms with van der Waals surface area (Å²) in [5.41, 5.74) is 10.5. The summed E-state index contributed by atoms with van der Waals surface area (Å²) < 4.78 is 4.93. The molecule has 0 bridgehead atoms. The molecule has 2 aromatic heterocycles. The van der Waals surface area contributed by atoms with Crippen LogP contribution in [0.25, 0.3) is 76.5 Å². The molecule has 0 saturated heterocycles. The van der Waals surface area contributed by atoms with Crippen molar-refractivity contribution < 1.29 is 0 Å². The molecule has 0 unspecified atom stereocenters. The Balaban J connectivity index is 1.18. The van der Waals surface area contributed by atoms with Gasteiger partial charge in [-0.25, -0.2) is 0 Å². The van der Waals surface area contributed by atoms with E-state index in [0.717, 1.165) is 28.4 Å². The molecule has 0 aliphatic carbocycles. The first-order valence-electron chi connectivity index (χ1n) is 18.2. The molecule has 0 amide bonds. The first kappa shape index (κ1) is 29.6. The molecule has 0 atom stereocenters. The molecule has 0 spiro atoms. The van der Waals surface area contributed by atoms with Crippen molar-refractivity contribution in [1.82, 2.24) is 9.13 Å². The Morgan fingerprint density at radius 1 is 0.302 bits per heavy atom. The topological polar surface area (TPSA) is 13.1 Å². The molecule has 53 heavy (non-hydrogen) atoms. The Bertz CT molecular complexity index is 3130. The number of hydrogen-bond donors (Lipinski definition) is 0. The van der Waals surface area contributed by atoms with Gasteiger partial charge in [0.2, 0.25) is 0 Å². The lowest BCUT2D eigenvalue weighted by atomic mass is 10.1. The second kappa shape index (κ2) is 11.7. The van der Waals surface area contributed by atoms with Gasteiger partial charge >= 0.3 is 0 Å². The summed E-state index contributed by atoms with van der Waals surface area (Å²) in [6.45, 7) is 0. The predicted octanol–water partition coefficient (Wildman–Crippen LogP) is 13.7. The number of rotatable bonds is 5. The summed E-state index contributed by atoms with van der Waals surface area (Å²) in [5, 5.41) is 9.88. The van der Waals surface area contributed by atoms with E-state index in [-0.39, 0.29) is 0 Å². The fourth-order valence-corrected chi connectivity index (χ4v) is 8.47. The lowest BCUT2D eigenvalue weighted by Gasteiger charge is -2.25. The molecule has 0 aliphatic heterocycles. The molecular formula is C50H33N3. The summed E-state index contributed by atoms with van der Waals surface area (Å²) in [5.74, 6) is 0. The lowest BCUT2D eigenvalue weighted by Crippen LogP contribution is -2.09. The van der Waals surface area contributed by atoms with E-state index in [0.29, 0.717) is 0 Å². The highest BCUT2D eigenvalue weighted by Crippen LogP contribution is 2.43. The normalized spacial score (nSPS) is 11.8. The molecular weight excluding hydrogens is 643 g/mol. The molecule has 11 aromatic rings. The van der Waals surface area contributed by atoms with Crippen molar-refractivity contribution in [3.8, 4) is 11.4 Å². The van der Waals surface area contributed by atoms with Gasteiger partial charge in [0, 0.05) is 50.0 Å². The highest BCUT2D eigenvalue weighted by Gasteiger charge is 2.21. The first-order valence-corrected chi connectivity index (χ1v) is 18.2. The number of benzene rings is 9. The fraction of sp³-hybridized carbons (Fsp3) is 0. The second-order valence-electron chi connectivity index (χ2n) is 13.8. The minimum atomic E-state index is 1.12. The highest BCUT2D eigenvalue weighted by molar-refractivity contribution is 6.26. The van der Waals surface area contributed by atoms with E-state index in [9.17, 15) is 0 Å². The summed E-state index contributed by atoms with van der Waals surface area (Å²) in [6.07, 6.45) is 0. The van der Waals surface area contributed by atoms with Gasteiger partial charge in [-0.2, -0.15) is 0 Å². The summed E-state index contributed by atoms with van der Waals surface area (Å²) in [7, 11) is 0. The van der Waals surface area contributed by atoms with Gasteiger partial charge in [0.05, 0.1) is 22.1 Å². The Kier molecular flexibility index (Phi) is 6.55. The van der Waals surface area contributed by atoms with Crippen LogP contribution >= 0.6 is 0 Å². The maximum absolute atomic E-state index is 2.49. The minimum Gasteiger partial charge on any atom is -0.310 e. The van der Waals surface area contributed by atoms with Crippen molar-refractivity contribution in [2.45, 2.75) is 0 Å². The van der Waals surface area contributed by atoms with Crippen LogP contribution in [-0.4, -0.2) is 9.13 Å².